The normalized spacial score (nSPS) is 44.1. The second-order valence-corrected chi connectivity index (χ2v) is 5.65. The molecule has 5 atom stereocenters. The van der Waals surface area contributed by atoms with Crippen LogP contribution in [0.4, 0.5) is 0 Å². The van der Waals surface area contributed by atoms with Crippen molar-refractivity contribution in [3.05, 3.63) is 0 Å². The van der Waals surface area contributed by atoms with Crippen molar-refractivity contribution in [2.45, 2.75) is 69.3 Å². The molecule has 16 heavy (non-hydrogen) atoms. The van der Waals surface area contributed by atoms with Crippen LogP contribution in [0.15, 0.2) is 0 Å². The summed E-state index contributed by atoms with van der Waals surface area (Å²) in [4.78, 5) is 0. The Labute approximate surface area is 97.7 Å². The topological polar surface area (TPSA) is 44.5 Å². The van der Waals surface area contributed by atoms with E-state index in [4.69, 9.17) is 15.2 Å². The molecule has 3 rings (SSSR count). The van der Waals surface area contributed by atoms with Gasteiger partial charge in [0.2, 0.25) is 0 Å². The zero-order valence-corrected chi connectivity index (χ0v) is 9.94. The molecule has 0 saturated carbocycles. The van der Waals surface area contributed by atoms with E-state index in [1.807, 2.05) is 0 Å². The molecule has 0 aromatic carbocycles. The highest BCUT2D eigenvalue weighted by atomic mass is 16.5. The SMILES string of the molecule is NC(CCC1CCCO1)C1CC2CCC1O2. The van der Waals surface area contributed by atoms with Gasteiger partial charge in [-0.25, -0.2) is 0 Å². The highest BCUT2D eigenvalue weighted by Crippen LogP contribution is 2.40. The Bertz CT molecular complexity index is 240. The van der Waals surface area contributed by atoms with Gasteiger partial charge in [0, 0.05) is 18.6 Å². The van der Waals surface area contributed by atoms with E-state index in [1.165, 1.54) is 32.1 Å². The van der Waals surface area contributed by atoms with Crippen LogP contribution < -0.4 is 5.73 Å². The molecule has 3 heterocycles. The molecule has 3 heteroatoms. The second kappa shape index (κ2) is 4.63. The van der Waals surface area contributed by atoms with Crippen molar-refractivity contribution in [2.24, 2.45) is 11.7 Å². The molecule has 0 aromatic heterocycles. The standard InChI is InChI=1S/C13H23NO2/c14-12(5-3-9-2-1-7-15-9)11-8-10-4-6-13(11)16-10/h9-13H,1-8,14H2. The Morgan fingerprint density at radius 1 is 1.25 bits per heavy atom. The quantitative estimate of drug-likeness (QED) is 0.794. The van der Waals surface area contributed by atoms with Crippen molar-refractivity contribution in [1.82, 2.24) is 0 Å². The molecule has 3 fully saturated rings. The molecule has 2 bridgehead atoms. The van der Waals surface area contributed by atoms with E-state index in [-0.39, 0.29) is 0 Å². The molecule has 5 unspecified atom stereocenters. The lowest BCUT2D eigenvalue weighted by atomic mass is 9.82. The van der Waals surface area contributed by atoms with Crippen molar-refractivity contribution in [3.8, 4) is 0 Å². The Kier molecular flexibility index (Phi) is 3.18. The number of hydrogen-bond acceptors (Lipinski definition) is 3. The molecule has 3 aliphatic heterocycles. The number of nitrogens with two attached hydrogens (primary N) is 1. The summed E-state index contributed by atoms with van der Waals surface area (Å²) in [5.74, 6) is 0.625. The first kappa shape index (κ1) is 11.0. The van der Waals surface area contributed by atoms with Crippen molar-refractivity contribution < 1.29 is 9.47 Å². The maximum atomic E-state index is 6.31. The van der Waals surface area contributed by atoms with E-state index < -0.39 is 0 Å². The van der Waals surface area contributed by atoms with Gasteiger partial charge in [0.25, 0.3) is 0 Å². The van der Waals surface area contributed by atoms with Crippen molar-refractivity contribution in [3.63, 3.8) is 0 Å². The highest BCUT2D eigenvalue weighted by Gasteiger charge is 2.43. The molecule has 0 amide bonds. The summed E-state index contributed by atoms with van der Waals surface area (Å²) in [5.41, 5.74) is 6.31. The summed E-state index contributed by atoms with van der Waals surface area (Å²) < 4.78 is 11.5. The lowest BCUT2D eigenvalue weighted by molar-refractivity contribution is 0.0809. The average Bonchev–Trinajstić information content (AvgIpc) is 3.01. The van der Waals surface area contributed by atoms with Gasteiger partial charge in [0.15, 0.2) is 0 Å². The number of rotatable bonds is 4. The fourth-order valence-electron chi connectivity index (χ4n) is 3.59. The van der Waals surface area contributed by atoms with Gasteiger partial charge >= 0.3 is 0 Å². The fraction of sp³-hybridized carbons (Fsp3) is 1.00. The smallest absolute Gasteiger partial charge is 0.0623 e. The first-order valence-corrected chi connectivity index (χ1v) is 6.85. The molecular weight excluding hydrogens is 202 g/mol. The molecule has 92 valence electrons. The molecule has 2 N–H and O–H groups in total. The van der Waals surface area contributed by atoms with Gasteiger partial charge in [0.1, 0.15) is 0 Å². The third kappa shape index (κ3) is 2.13. The van der Waals surface area contributed by atoms with Gasteiger partial charge in [-0.15, -0.1) is 0 Å². The predicted molar refractivity (Wildman–Crippen MR) is 62.2 cm³/mol. The van der Waals surface area contributed by atoms with Crippen LogP contribution >= 0.6 is 0 Å². The van der Waals surface area contributed by atoms with Crippen molar-refractivity contribution in [1.29, 1.82) is 0 Å². The minimum absolute atomic E-state index is 0.333. The van der Waals surface area contributed by atoms with Gasteiger partial charge in [-0.1, -0.05) is 0 Å². The minimum Gasteiger partial charge on any atom is -0.378 e. The summed E-state index contributed by atoms with van der Waals surface area (Å²) in [6.45, 7) is 0.955. The zero-order valence-electron chi connectivity index (χ0n) is 9.94. The minimum atomic E-state index is 0.333. The molecule has 3 nitrogen and oxygen atoms in total. The molecular formula is C13H23NO2. The molecule has 0 aromatic rings. The van der Waals surface area contributed by atoms with Gasteiger partial charge in [0.05, 0.1) is 18.3 Å². The van der Waals surface area contributed by atoms with E-state index in [9.17, 15) is 0 Å². The van der Waals surface area contributed by atoms with Crippen LogP contribution in [-0.2, 0) is 9.47 Å². The van der Waals surface area contributed by atoms with Gasteiger partial charge in [-0.2, -0.15) is 0 Å². The highest BCUT2D eigenvalue weighted by molar-refractivity contribution is 4.94. The molecule has 3 saturated heterocycles. The molecule has 3 aliphatic rings. The summed E-state index contributed by atoms with van der Waals surface area (Å²) >= 11 is 0. The number of hydrogen-bond donors (Lipinski definition) is 1. The van der Waals surface area contributed by atoms with Crippen LogP contribution in [0.5, 0.6) is 0 Å². The maximum Gasteiger partial charge on any atom is 0.0623 e. The third-order valence-electron chi connectivity index (χ3n) is 4.55. The lowest BCUT2D eigenvalue weighted by Crippen LogP contribution is -2.36. The Morgan fingerprint density at radius 3 is 2.81 bits per heavy atom. The third-order valence-corrected chi connectivity index (χ3v) is 4.55. The summed E-state index contributed by atoms with van der Waals surface area (Å²) in [5, 5.41) is 0. The Morgan fingerprint density at radius 2 is 2.19 bits per heavy atom. The second-order valence-electron chi connectivity index (χ2n) is 5.65. The first-order chi connectivity index (χ1) is 7.83. The van der Waals surface area contributed by atoms with E-state index in [2.05, 4.69) is 0 Å². The van der Waals surface area contributed by atoms with Crippen molar-refractivity contribution >= 4 is 0 Å². The average molecular weight is 225 g/mol. The lowest BCUT2D eigenvalue weighted by Gasteiger charge is -2.26. The number of ether oxygens (including phenoxy) is 2. The van der Waals surface area contributed by atoms with Crippen LogP contribution in [0.1, 0.15) is 44.9 Å². The maximum absolute atomic E-state index is 6.31. The summed E-state index contributed by atoms with van der Waals surface area (Å²) in [6, 6.07) is 0.333. The van der Waals surface area contributed by atoms with Crippen LogP contribution in [-0.4, -0.2) is 31.0 Å². The predicted octanol–water partition coefficient (Wildman–Crippen LogP) is 1.84. The summed E-state index contributed by atoms with van der Waals surface area (Å²) in [6.07, 6.45) is 9.94. The van der Waals surface area contributed by atoms with E-state index >= 15 is 0 Å². The van der Waals surface area contributed by atoms with Crippen molar-refractivity contribution in [2.75, 3.05) is 6.61 Å². The zero-order chi connectivity index (χ0) is 11.0. The molecule has 0 spiro atoms. The van der Waals surface area contributed by atoms with Gasteiger partial charge in [-0.05, 0) is 44.9 Å². The number of fused-ring (bicyclic) bond motifs is 2. The summed E-state index contributed by atoms with van der Waals surface area (Å²) in [7, 11) is 0. The van der Waals surface area contributed by atoms with E-state index in [0.29, 0.717) is 30.3 Å². The Balaban J connectivity index is 1.44. The van der Waals surface area contributed by atoms with Gasteiger partial charge < -0.3 is 15.2 Å². The first-order valence-electron chi connectivity index (χ1n) is 6.85. The Hall–Kier alpha value is -0.120. The molecule has 0 aliphatic carbocycles. The van der Waals surface area contributed by atoms with Gasteiger partial charge in [-0.3, -0.25) is 0 Å². The van der Waals surface area contributed by atoms with E-state index in [0.717, 1.165) is 19.4 Å². The monoisotopic (exact) mass is 225 g/mol. The van der Waals surface area contributed by atoms with Crippen LogP contribution in [0.3, 0.4) is 0 Å². The van der Waals surface area contributed by atoms with Crippen LogP contribution in [0.2, 0.25) is 0 Å². The fourth-order valence-corrected chi connectivity index (χ4v) is 3.59. The van der Waals surface area contributed by atoms with Crippen LogP contribution in [0.25, 0.3) is 0 Å². The molecule has 0 radical (unpaired) electrons. The largest absolute Gasteiger partial charge is 0.378 e. The van der Waals surface area contributed by atoms with Crippen LogP contribution in [0, 0.1) is 5.92 Å². The van der Waals surface area contributed by atoms with E-state index in [1.54, 1.807) is 0 Å².